The zero-order chi connectivity index (χ0) is 25.1. The number of hydrogen-bond donors (Lipinski definition) is 1. The van der Waals surface area contributed by atoms with E-state index in [0.29, 0.717) is 24.0 Å². The lowest BCUT2D eigenvalue weighted by Crippen LogP contribution is -2.36. The first kappa shape index (κ1) is 24.3. The van der Waals surface area contributed by atoms with Gasteiger partial charge in [-0.25, -0.2) is 4.79 Å². The van der Waals surface area contributed by atoms with Gasteiger partial charge in [0.05, 0.1) is 12.2 Å². The largest absolute Gasteiger partial charge is 0.462 e. The molecule has 1 heterocycles. The highest BCUT2D eigenvalue weighted by Crippen LogP contribution is 2.46. The number of esters is 1. The molecule has 1 aliphatic carbocycles. The van der Waals surface area contributed by atoms with Gasteiger partial charge in [-0.1, -0.05) is 88.7 Å². The fourth-order valence-corrected chi connectivity index (χ4v) is 5.69. The van der Waals surface area contributed by atoms with Gasteiger partial charge in [-0.05, 0) is 48.1 Å². The van der Waals surface area contributed by atoms with Crippen LogP contribution in [0.4, 0.5) is 0 Å². The number of rotatable bonds is 6. The predicted octanol–water partition coefficient (Wildman–Crippen LogP) is 6.60. The average Bonchev–Trinajstić information content (AvgIpc) is 2.89. The van der Waals surface area contributed by atoms with E-state index in [1.165, 1.54) is 0 Å². The summed E-state index contributed by atoms with van der Waals surface area (Å²) in [6.07, 6.45) is 1.78. The van der Waals surface area contributed by atoms with Crippen molar-refractivity contribution < 1.29 is 14.3 Å². The maximum atomic E-state index is 13.7. The molecule has 5 rings (SSSR count). The number of ketones is 1. The molecule has 0 fully saturated rings. The van der Waals surface area contributed by atoms with Crippen LogP contribution in [0.5, 0.6) is 0 Å². The van der Waals surface area contributed by atoms with E-state index in [1.807, 2.05) is 79.7 Å². The van der Waals surface area contributed by atoms with E-state index in [2.05, 4.69) is 33.4 Å². The Morgan fingerprint density at radius 2 is 1.64 bits per heavy atom. The first-order valence-electron chi connectivity index (χ1n) is 12.3. The van der Waals surface area contributed by atoms with Crippen LogP contribution in [0, 0.1) is 0 Å². The summed E-state index contributed by atoms with van der Waals surface area (Å²) in [5, 5.41) is 3.43. The van der Waals surface area contributed by atoms with E-state index >= 15 is 0 Å². The topological polar surface area (TPSA) is 55.4 Å². The zero-order valence-electron chi connectivity index (χ0n) is 20.2. The van der Waals surface area contributed by atoms with Gasteiger partial charge in [-0.2, -0.15) is 0 Å². The molecule has 0 radical (unpaired) electrons. The van der Waals surface area contributed by atoms with Crippen LogP contribution in [0.1, 0.15) is 48.3 Å². The number of nitrogens with one attached hydrogen (secondary N) is 1. The average molecular weight is 542 g/mol. The minimum absolute atomic E-state index is 0.0738. The molecule has 1 aliphatic heterocycles. The molecule has 0 spiro atoms. The molecular weight excluding hydrogens is 514 g/mol. The highest BCUT2D eigenvalue weighted by atomic mass is 79.9. The van der Waals surface area contributed by atoms with Crippen LogP contribution < -0.4 is 5.32 Å². The molecule has 0 bridgehead atoms. The Balaban J connectivity index is 1.47. The third-order valence-electron chi connectivity index (χ3n) is 6.97. The molecule has 4 nitrogen and oxygen atoms in total. The molecule has 36 heavy (non-hydrogen) atoms. The zero-order valence-corrected chi connectivity index (χ0v) is 21.8. The molecule has 2 unspecified atom stereocenters. The molecule has 2 atom stereocenters. The van der Waals surface area contributed by atoms with Crippen molar-refractivity contribution in [3.8, 4) is 0 Å². The Morgan fingerprint density at radius 1 is 0.944 bits per heavy atom. The van der Waals surface area contributed by atoms with Gasteiger partial charge in [-0.15, -0.1) is 0 Å². The molecule has 0 saturated heterocycles. The van der Waals surface area contributed by atoms with E-state index < -0.39 is 5.92 Å². The van der Waals surface area contributed by atoms with Crippen molar-refractivity contribution in [3.05, 3.63) is 129 Å². The normalized spacial score (nSPS) is 19.6. The molecule has 182 valence electrons. The maximum Gasteiger partial charge on any atom is 0.336 e. The Morgan fingerprint density at radius 3 is 2.36 bits per heavy atom. The van der Waals surface area contributed by atoms with Crippen LogP contribution in [0.2, 0.25) is 0 Å². The summed E-state index contributed by atoms with van der Waals surface area (Å²) in [4.78, 5) is 27.1. The second-order valence-corrected chi connectivity index (χ2v) is 10.3. The van der Waals surface area contributed by atoms with Crippen LogP contribution in [-0.4, -0.2) is 18.4 Å². The number of carbonyl (C=O) groups excluding carboxylic acids is 2. The number of halogens is 1. The molecule has 0 saturated carbocycles. The third-order valence-corrected chi connectivity index (χ3v) is 7.46. The molecule has 0 aromatic heterocycles. The summed E-state index contributed by atoms with van der Waals surface area (Å²) in [6, 6.07) is 28.0. The highest BCUT2D eigenvalue weighted by Gasteiger charge is 2.41. The molecule has 0 amide bonds. The van der Waals surface area contributed by atoms with Crippen molar-refractivity contribution >= 4 is 27.7 Å². The minimum Gasteiger partial charge on any atom is -0.462 e. The number of ether oxygens (including phenoxy) is 1. The van der Waals surface area contributed by atoms with Gasteiger partial charge >= 0.3 is 5.97 Å². The number of benzene rings is 3. The van der Waals surface area contributed by atoms with Gasteiger partial charge < -0.3 is 10.1 Å². The first-order chi connectivity index (χ1) is 17.5. The summed E-state index contributed by atoms with van der Waals surface area (Å²) in [7, 11) is 0. The van der Waals surface area contributed by atoms with Crippen molar-refractivity contribution in [2.45, 2.75) is 38.0 Å². The second-order valence-electron chi connectivity index (χ2n) is 9.35. The third kappa shape index (κ3) is 5.07. The Bertz CT molecular complexity index is 1340. The van der Waals surface area contributed by atoms with E-state index in [4.69, 9.17) is 4.74 Å². The SMILES string of the molecule is CC1=C(C(=O)OCCc2ccccc2)C(c2cccc(Br)c2)C2=C(CC(c3ccccc3)CC2=O)N1. The summed E-state index contributed by atoms with van der Waals surface area (Å²) in [6.45, 7) is 2.18. The molecular formula is C31H28BrNO3. The van der Waals surface area contributed by atoms with Crippen LogP contribution in [0.25, 0.3) is 0 Å². The standard InChI is InChI=1S/C31H28BrNO3/c1-20-28(31(35)36-16-15-21-9-4-2-5-10-21)29(23-13-8-14-25(32)17-23)30-26(33-20)18-24(19-27(30)34)22-11-6-3-7-12-22/h2-14,17,24,29,33H,15-16,18-19H2,1H3. The number of carbonyl (C=O) groups is 2. The van der Waals surface area contributed by atoms with E-state index in [0.717, 1.165) is 39.0 Å². The van der Waals surface area contributed by atoms with Gasteiger partial charge in [0.15, 0.2) is 5.78 Å². The summed E-state index contributed by atoms with van der Waals surface area (Å²) in [5.41, 5.74) is 6.01. The lowest BCUT2D eigenvalue weighted by Gasteiger charge is -2.36. The van der Waals surface area contributed by atoms with E-state index in [-0.39, 0.29) is 24.3 Å². The van der Waals surface area contributed by atoms with Crippen LogP contribution in [0.15, 0.2) is 112 Å². The Kier molecular flexibility index (Phi) is 7.19. The lowest BCUT2D eigenvalue weighted by atomic mass is 9.72. The molecule has 3 aromatic carbocycles. The smallest absolute Gasteiger partial charge is 0.336 e. The fourth-order valence-electron chi connectivity index (χ4n) is 5.27. The van der Waals surface area contributed by atoms with Gasteiger partial charge in [0.25, 0.3) is 0 Å². The Labute approximate surface area is 220 Å². The number of dihydropyridines is 1. The Hall–Kier alpha value is -3.44. The van der Waals surface area contributed by atoms with Crippen molar-refractivity contribution in [3.63, 3.8) is 0 Å². The number of Topliss-reactive ketones (excluding diaryl/α,β-unsaturated/α-hetero) is 1. The maximum absolute atomic E-state index is 13.7. The second kappa shape index (κ2) is 10.7. The minimum atomic E-state index is -0.466. The number of hydrogen-bond acceptors (Lipinski definition) is 4. The van der Waals surface area contributed by atoms with E-state index in [9.17, 15) is 9.59 Å². The molecule has 3 aromatic rings. The van der Waals surface area contributed by atoms with Crippen molar-refractivity contribution in [1.82, 2.24) is 5.32 Å². The summed E-state index contributed by atoms with van der Waals surface area (Å²) < 4.78 is 6.66. The van der Waals surface area contributed by atoms with Crippen LogP contribution in [-0.2, 0) is 20.7 Å². The van der Waals surface area contributed by atoms with Gasteiger partial charge in [0.2, 0.25) is 0 Å². The van der Waals surface area contributed by atoms with E-state index in [1.54, 1.807) is 0 Å². The monoisotopic (exact) mass is 541 g/mol. The summed E-state index contributed by atoms with van der Waals surface area (Å²) in [5.74, 6) is -0.664. The van der Waals surface area contributed by atoms with Gasteiger partial charge in [-0.3, -0.25) is 4.79 Å². The molecule has 1 N–H and O–H groups in total. The van der Waals surface area contributed by atoms with Gasteiger partial charge in [0, 0.05) is 40.2 Å². The molecule has 5 heteroatoms. The van der Waals surface area contributed by atoms with Crippen LogP contribution in [0.3, 0.4) is 0 Å². The number of allylic oxidation sites excluding steroid dienone is 3. The quantitative estimate of drug-likeness (QED) is 0.357. The van der Waals surface area contributed by atoms with Crippen molar-refractivity contribution in [1.29, 1.82) is 0 Å². The fraction of sp³-hybridized carbons (Fsp3) is 0.226. The van der Waals surface area contributed by atoms with Gasteiger partial charge in [0.1, 0.15) is 0 Å². The van der Waals surface area contributed by atoms with Crippen molar-refractivity contribution in [2.24, 2.45) is 0 Å². The highest BCUT2D eigenvalue weighted by molar-refractivity contribution is 9.10. The lowest BCUT2D eigenvalue weighted by molar-refractivity contribution is -0.139. The van der Waals surface area contributed by atoms with Crippen LogP contribution >= 0.6 is 15.9 Å². The summed E-state index contributed by atoms with van der Waals surface area (Å²) >= 11 is 3.56. The van der Waals surface area contributed by atoms with Crippen molar-refractivity contribution in [2.75, 3.05) is 6.61 Å². The first-order valence-corrected chi connectivity index (χ1v) is 13.1. The predicted molar refractivity (Wildman–Crippen MR) is 144 cm³/mol. The molecule has 2 aliphatic rings.